The van der Waals surface area contributed by atoms with E-state index in [-0.39, 0.29) is 12.5 Å². The summed E-state index contributed by atoms with van der Waals surface area (Å²) in [5.41, 5.74) is 8.61. The maximum atomic E-state index is 12.0. The van der Waals surface area contributed by atoms with Crippen molar-refractivity contribution in [1.82, 2.24) is 4.90 Å². The minimum absolute atomic E-state index is 0.0678. The zero-order valence-corrected chi connectivity index (χ0v) is 11.7. The number of nitrogens with zero attached hydrogens (tertiary/aromatic N) is 1. The number of aryl methyl sites for hydroxylation is 2. The van der Waals surface area contributed by atoms with Crippen molar-refractivity contribution >= 4 is 11.6 Å². The number of nitrogens with two attached hydrogens (primary N) is 1. The fourth-order valence-electron chi connectivity index (χ4n) is 2.38. The van der Waals surface area contributed by atoms with Crippen LogP contribution in [0.15, 0.2) is 12.1 Å². The number of hydrogen-bond acceptors (Lipinski definition) is 3. The first-order valence-corrected chi connectivity index (χ1v) is 6.85. The first-order valence-electron chi connectivity index (χ1n) is 6.85. The number of carbonyl (C=O) groups excluding carboxylic acids is 1. The number of likely N-dealkylation sites (tertiary alicyclic amines) is 1. The molecule has 0 aliphatic carbocycles. The molecule has 2 rings (SSSR count). The molecule has 4 nitrogen and oxygen atoms in total. The average molecular weight is 262 g/mol. The first-order chi connectivity index (χ1) is 9.08. The highest BCUT2D eigenvalue weighted by atomic mass is 16.5. The number of benzene rings is 1. The van der Waals surface area contributed by atoms with Crippen molar-refractivity contribution < 1.29 is 9.53 Å². The molecule has 0 aromatic heterocycles. The molecule has 104 valence electrons. The number of piperidine rings is 1. The van der Waals surface area contributed by atoms with Crippen LogP contribution < -0.4 is 10.5 Å². The highest BCUT2D eigenvalue weighted by Gasteiger charge is 2.17. The molecule has 4 heteroatoms. The van der Waals surface area contributed by atoms with Crippen LogP contribution in [0.25, 0.3) is 0 Å². The lowest BCUT2D eigenvalue weighted by Gasteiger charge is -2.26. The fraction of sp³-hybridized carbons (Fsp3) is 0.533. The van der Waals surface area contributed by atoms with Gasteiger partial charge < -0.3 is 15.4 Å². The summed E-state index contributed by atoms with van der Waals surface area (Å²) in [6.07, 6.45) is 3.42. The number of nitrogen functional groups attached to an aromatic ring is 1. The van der Waals surface area contributed by atoms with Crippen LogP contribution in [0.2, 0.25) is 0 Å². The van der Waals surface area contributed by atoms with Crippen molar-refractivity contribution in [2.75, 3.05) is 25.4 Å². The summed E-state index contributed by atoms with van der Waals surface area (Å²) in [5.74, 6) is 0.770. The fourth-order valence-corrected chi connectivity index (χ4v) is 2.38. The van der Waals surface area contributed by atoms with Crippen molar-refractivity contribution in [3.8, 4) is 5.75 Å². The average Bonchev–Trinajstić information content (AvgIpc) is 2.42. The molecular weight excluding hydrogens is 240 g/mol. The molecule has 0 unspecified atom stereocenters. The first kappa shape index (κ1) is 13.7. The Morgan fingerprint density at radius 3 is 2.58 bits per heavy atom. The van der Waals surface area contributed by atoms with Crippen molar-refractivity contribution in [1.29, 1.82) is 0 Å². The predicted octanol–water partition coefficient (Wildman–Crippen LogP) is 2.28. The normalized spacial score (nSPS) is 15.4. The van der Waals surface area contributed by atoms with Crippen LogP contribution in [0, 0.1) is 13.8 Å². The van der Waals surface area contributed by atoms with Gasteiger partial charge in [0.1, 0.15) is 5.75 Å². The molecule has 0 radical (unpaired) electrons. The Balaban J connectivity index is 1.94. The lowest BCUT2D eigenvalue weighted by atomic mass is 10.1. The van der Waals surface area contributed by atoms with E-state index in [4.69, 9.17) is 10.5 Å². The van der Waals surface area contributed by atoms with Gasteiger partial charge in [-0.25, -0.2) is 0 Å². The summed E-state index contributed by atoms with van der Waals surface area (Å²) in [5, 5.41) is 0. The molecule has 1 aliphatic heterocycles. The van der Waals surface area contributed by atoms with Crippen LogP contribution in [-0.4, -0.2) is 30.5 Å². The maximum absolute atomic E-state index is 12.0. The summed E-state index contributed by atoms with van der Waals surface area (Å²) in [4.78, 5) is 13.9. The minimum Gasteiger partial charge on any atom is -0.483 e. The van der Waals surface area contributed by atoms with E-state index >= 15 is 0 Å². The van der Waals surface area contributed by atoms with E-state index in [0.717, 1.165) is 37.1 Å². The van der Waals surface area contributed by atoms with Crippen molar-refractivity contribution in [3.05, 3.63) is 23.3 Å². The van der Waals surface area contributed by atoms with Crippen LogP contribution >= 0.6 is 0 Å². The SMILES string of the molecule is Cc1cc(C)c(OCC(=O)N2CCCCC2)cc1N. The molecule has 1 heterocycles. The Hall–Kier alpha value is -1.71. The van der Waals surface area contributed by atoms with Gasteiger partial charge in [-0.1, -0.05) is 6.07 Å². The second-order valence-electron chi connectivity index (χ2n) is 5.20. The van der Waals surface area contributed by atoms with E-state index in [1.54, 1.807) is 6.07 Å². The molecular formula is C15H22N2O2. The van der Waals surface area contributed by atoms with Crippen LogP contribution in [0.4, 0.5) is 5.69 Å². The molecule has 2 N–H and O–H groups in total. The summed E-state index contributed by atoms with van der Waals surface area (Å²) in [6.45, 7) is 5.75. The van der Waals surface area contributed by atoms with Gasteiger partial charge in [0.25, 0.3) is 5.91 Å². The number of carbonyl (C=O) groups is 1. The number of ether oxygens (including phenoxy) is 1. The lowest BCUT2D eigenvalue weighted by Crippen LogP contribution is -2.38. The van der Waals surface area contributed by atoms with Gasteiger partial charge in [-0.05, 0) is 44.2 Å². The molecule has 1 fully saturated rings. The Labute approximate surface area is 114 Å². The third-order valence-electron chi connectivity index (χ3n) is 3.62. The van der Waals surface area contributed by atoms with Gasteiger partial charge in [0, 0.05) is 24.8 Å². The molecule has 19 heavy (non-hydrogen) atoms. The summed E-state index contributed by atoms with van der Waals surface area (Å²) in [6, 6.07) is 3.78. The molecule has 0 saturated carbocycles. The van der Waals surface area contributed by atoms with Crippen LogP contribution in [-0.2, 0) is 4.79 Å². The second kappa shape index (κ2) is 5.95. The molecule has 1 aliphatic rings. The molecule has 1 aromatic rings. The Morgan fingerprint density at radius 2 is 1.89 bits per heavy atom. The van der Waals surface area contributed by atoms with Gasteiger partial charge in [0.2, 0.25) is 0 Å². The third-order valence-corrected chi connectivity index (χ3v) is 3.62. The van der Waals surface area contributed by atoms with E-state index in [1.165, 1.54) is 6.42 Å². The van der Waals surface area contributed by atoms with Crippen LogP contribution in [0.5, 0.6) is 5.75 Å². The van der Waals surface area contributed by atoms with E-state index in [1.807, 2.05) is 24.8 Å². The number of rotatable bonds is 3. The molecule has 0 atom stereocenters. The smallest absolute Gasteiger partial charge is 0.260 e. The molecule has 0 spiro atoms. The Morgan fingerprint density at radius 1 is 1.21 bits per heavy atom. The van der Waals surface area contributed by atoms with Gasteiger partial charge in [-0.15, -0.1) is 0 Å². The number of anilines is 1. The monoisotopic (exact) mass is 262 g/mol. The zero-order valence-electron chi connectivity index (χ0n) is 11.7. The molecule has 1 amide bonds. The number of hydrogen-bond donors (Lipinski definition) is 1. The van der Waals surface area contributed by atoms with Crippen molar-refractivity contribution in [2.45, 2.75) is 33.1 Å². The molecule has 1 saturated heterocycles. The maximum Gasteiger partial charge on any atom is 0.260 e. The molecule has 0 bridgehead atoms. The Kier molecular flexibility index (Phi) is 4.30. The topological polar surface area (TPSA) is 55.6 Å². The summed E-state index contributed by atoms with van der Waals surface area (Å²) in [7, 11) is 0. The highest BCUT2D eigenvalue weighted by molar-refractivity contribution is 5.78. The van der Waals surface area contributed by atoms with Gasteiger partial charge in [-0.3, -0.25) is 4.79 Å². The van der Waals surface area contributed by atoms with Gasteiger partial charge in [-0.2, -0.15) is 0 Å². The van der Waals surface area contributed by atoms with Gasteiger partial charge >= 0.3 is 0 Å². The van der Waals surface area contributed by atoms with Crippen LogP contribution in [0.3, 0.4) is 0 Å². The Bertz CT molecular complexity index is 465. The van der Waals surface area contributed by atoms with Crippen LogP contribution in [0.1, 0.15) is 30.4 Å². The number of amides is 1. The zero-order chi connectivity index (χ0) is 13.8. The molecule has 1 aromatic carbocycles. The lowest BCUT2D eigenvalue weighted by molar-refractivity contribution is -0.134. The summed E-state index contributed by atoms with van der Waals surface area (Å²) >= 11 is 0. The largest absolute Gasteiger partial charge is 0.483 e. The van der Waals surface area contributed by atoms with E-state index in [9.17, 15) is 4.79 Å². The summed E-state index contributed by atoms with van der Waals surface area (Å²) < 4.78 is 5.62. The minimum atomic E-state index is 0.0678. The van der Waals surface area contributed by atoms with Gasteiger partial charge in [0.05, 0.1) is 0 Å². The predicted molar refractivity (Wildman–Crippen MR) is 76.3 cm³/mol. The quantitative estimate of drug-likeness (QED) is 0.850. The second-order valence-corrected chi connectivity index (χ2v) is 5.20. The standard InChI is InChI=1S/C15H22N2O2/c1-11-8-12(2)14(9-13(11)16)19-10-15(18)17-6-4-3-5-7-17/h8-9H,3-7,10,16H2,1-2H3. The van der Waals surface area contributed by atoms with Crippen molar-refractivity contribution in [2.24, 2.45) is 0 Å². The van der Waals surface area contributed by atoms with E-state index in [2.05, 4.69) is 0 Å². The third kappa shape index (κ3) is 3.40. The van der Waals surface area contributed by atoms with E-state index in [0.29, 0.717) is 11.4 Å². The van der Waals surface area contributed by atoms with E-state index < -0.39 is 0 Å². The van der Waals surface area contributed by atoms with Crippen molar-refractivity contribution in [3.63, 3.8) is 0 Å². The highest BCUT2D eigenvalue weighted by Crippen LogP contribution is 2.24. The van der Waals surface area contributed by atoms with Gasteiger partial charge in [0.15, 0.2) is 6.61 Å².